The van der Waals surface area contributed by atoms with E-state index in [-0.39, 0.29) is 12.3 Å². The maximum absolute atomic E-state index is 11.5. The Bertz CT molecular complexity index is 298. The third-order valence-corrected chi connectivity index (χ3v) is 2.59. The highest BCUT2D eigenvalue weighted by Gasteiger charge is 2.19. The Balaban J connectivity index is 2.40. The SMILES string of the molecule is O=C(CC1=CCCCC1)N[C@@H](CO)C(=O)O. The van der Waals surface area contributed by atoms with Gasteiger partial charge in [-0.05, 0) is 25.7 Å². The fourth-order valence-corrected chi connectivity index (χ4v) is 1.70. The Morgan fingerprint density at radius 1 is 1.44 bits per heavy atom. The summed E-state index contributed by atoms with van der Waals surface area (Å²) in [5.41, 5.74) is 1.06. The van der Waals surface area contributed by atoms with Crippen molar-refractivity contribution in [3.8, 4) is 0 Å². The van der Waals surface area contributed by atoms with E-state index >= 15 is 0 Å². The molecule has 3 N–H and O–H groups in total. The van der Waals surface area contributed by atoms with Crippen LogP contribution in [-0.4, -0.2) is 34.7 Å². The number of carbonyl (C=O) groups excluding carboxylic acids is 1. The van der Waals surface area contributed by atoms with Crippen LogP contribution < -0.4 is 5.32 Å². The number of rotatable bonds is 5. The van der Waals surface area contributed by atoms with Crippen LogP contribution >= 0.6 is 0 Å². The van der Waals surface area contributed by atoms with E-state index in [4.69, 9.17) is 10.2 Å². The molecule has 0 radical (unpaired) electrons. The van der Waals surface area contributed by atoms with Gasteiger partial charge >= 0.3 is 5.97 Å². The van der Waals surface area contributed by atoms with Gasteiger partial charge in [0.2, 0.25) is 5.91 Å². The van der Waals surface area contributed by atoms with Gasteiger partial charge in [-0.2, -0.15) is 0 Å². The number of allylic oxidation sites excluding steroid dienone is 1. The fourth-order valence-electron chi connectivity index (χ4n) is 1.70. The van der Waals surface area contributed by atoms with Gasteiger partial charge in [0.25, 0.3) is 0 Å². The van der Waals surface area contributed by atoms with E-state index in [2.05, 4.69) is 5.32 Å². The lowest BCUT2D eigenvalue weighted by atomic mass is 9.97. The molecule has 0 saturated heterocycles. The zero-order valence-electron chi connectivity index (χ0n) is 9.11. The summed E-state index contributed by atoms with van der Waals surface area (Å²) in [5.74, 6) is -1.55. The van der Waals surface area contributed by atoms with Gasteiger partial charge in [-0.25, -0.2) is 4.79 Å². The smallest absolute Gasteiger partial charge is 0.328 e. The Labute approximate surface area is 94.2 Å². The van der Waals surface area contributed by atoms with E-state index in [1.165, 1.54) is 0 Å². The molecule has 0 aromatic carbocycles. The standard InChI is InChI=1S/C11H17NO4/c13-7-9(11(15)16)12-10(14)6-8-4-2-1-3-5-8/h4,9,13H,1-3,5-7H2,(H,12,14)(H,15,16)/t9-/m0/s1. The Morgan fingerprint density at radius 2 is 2.19 bits per heavy atom. The predicted octanol–water partition coefficient (Wildman–Crippen LogP) is 0.439. The molecule has 0 unspecified atom stereocenters. The molecule has 0 aliphatic heterocycles. The average molecular weight is 227 g/mol. The largest absolute Gasteiger partial charge is 0.480 e. The van der Waals surface area contributed by atoms with Crippen molar-refractivity contribution in [2.45, 2.75) is 38.1 Å². The number of aliphatic hydroxyl groups is 1. The van der Waals surface area contributed by atoms with Crippen LogP contribution in [0.25, 0.3) is 0 Å². The number of carboxylic acid groups (broad SMARTS) is 1. The second-order valence-corrected chi connectivity index (χ2v) is 3.93. The van der Waals surface area contributed by atoms with Gasteiger partial charge in [0, 0.05) is 6.42 Å². The number of hydrogen-bond donors (Lipinski definition) is 3. The van der Waals surface area contributed by atoms with E-state index in [1.807, 2.05) is 6.08 Å². The number of carbonyl (C=O) groups is 2. The quantitative estimate of drug-likeness (QED) is 0.595. The van der Waals surface area contributed by atoms with Crippen molar-refractivity contribution in [2.75, 3.05) is 6.61 Å². The first kappa shape index (κ1) is 12.7. The van der Waals surface area contributed by atoms with Crippen molar-refractivity contribution < 1.29 is 19.8 Å². The molecule has 5 heteroatoms. The molecule has 1 amide bonds. The van der Waals surface area contributed by atoms with E-state index < -0.39 is 18.6 Å². The number of nitrogens with one attached hydrogen (secondary N) is 1. The van der Waals surface area contributed by atoms with Gasteiger partial charge in [0.1, 0.15) is 6.04 Å². The molecule has 1 aliphatic rings. The molecule has 16 heavy (non-hydrogen) atoms. The second kappa shape index (κ2) is 6.27. The van der Waals surface area contributed by atoms with Crippen molar-refractivity contribution in [1.82, 2.24) is 5.32 Å². The van der Waals surface area contributed by atoms with Gasteiger partial charge in [-0.3, -0.25) is 4.79 Å². The van der Waals surface area contributed by atoms with Gasteiger partial charge in [-0.15, -0.1) is 0 Å². The van der Waals surface area contributed by atoms with Crippen molar-refractivity contribution >= 4 is 11.9 Å². The van der Waals surface area contributed by atoms with Crippen LogP contribution in [0.15, 0.2) is 11.6 Å². The first-order valence-electron chi connectivity index (χ1n) is 5.44. The molecule has 1 rings (SSSR count). The molecule has 0 aromatic rings. The van der Waals surface area contributed by atoms with Gasteiger partial charge < -0.3 is 15.5 Å². The van der Waals surface area contributed by atoms with Crippen LogP contribution in [0.3, 0.4) is 0 Å². The van der Waals surface area contributed by atoms with Crippen LogP contribution in [0.2, 0.25) is 0 Å². The molecule has 1 atom stereocenters. The van der Waals surface area contributed by atoms with Crippen LogP contribution in [-0.2, 0) is 9.59 Å². The number of carboxylic acids is 1. The Kier molecular flexibility index (Phi) is 4.98. The summed E-state index contributed by atoms with van der Waals surface area (Å²) in [6.45, 7) is -0.583. The lowest BCUT2D eigenvalue weighted by Crippen LogP contribution is -2.43. The van der Waals surface area contributed by atoms with E-state index in [1.54, 1.807) is 0 Å². The van der Waals surface area contributed by atoms with E-state index in [0.29, 0.717) is 0 Å². The molecule has 0 saturated carbocycles. The predicted molar refractivity (Wildman–Crippen MR) is 57.8 cm³/mol. The first-order chi connectivity index (χ1) is 7.63. The Morgan fingerprint density at radius 3 is 2.69 bits per heavy atom. The highest BCUT2D eigenvalue weighted by atomic mass is 16.4. The summed E-state index contributed by atoms with van der Waals surface area (Å²) in [5, 5.41) is 19.7. The minimum atomic E-state index is -1.21. The van der Waals surface area contributed by atoms with Gasteiger partial charge in [-0.1, -0.05) is 11.6 Å². The lowest BCUT2D eigenvalue weighted by Gasteiger charge is -2.15. The monoisotopic (exact) mass is 227 g/mol. The molecule has 90 valence electrons. The van der Waals surface area contributed by atoms with Crippen molar-refractivity contribution in [3.05, 3.63) is 11.6 Å². The second-order valence-electron chi connectivity index (χ2n) is 3.93. The lowest BCUT2D eigenvalue weighted by molar-refractivity contribution is -0.142. The number of amides is 1. The molecule has 0 spiro atoms. The number of aliphatic carboxylic acids is 1. The van der Waals surface area contributed by atoms with Crippen LogP contribution in [0.1, 0.15) is 32.1 Å². The highest BCUT2D eigenvalue weighted by Crippen LogP contribution is 2.19. The van der Waals surface area contributed by atoms with Gasteiger partial charge in [0.05, 0.1) is 6.61 Å². The summed E-state index contributed by atoms with van der Waals surface area (Å²) in [7, 11) is 0. The zero-order chi connectivity index (χ0) is 12.0. The zero-order valence-corrected chi connectivity index (χ0v) is 9.11. The molecule has 5 nitrogen and oxygen atoms in total. The van der Waals surface area contributed by atoms with Crippen LogP contribution in [0, 0.1) is 0 Å². The summed E-state index contributed by atoms with van der Waals surface area (Å²) in [6.07, 6.45) is 6.41. The summed E-state index contributed by atoms with van der Waals surface area (Å²) in [4.78, 5) is 22.0. The maximum atomic E-state index is 11.5. The van der Waals surface area contributed by atoms with E-state index in [0.717, 1.165) is 31.3 Å². The Hall–Kier alpha value is -1.36. The molecule has 1 aliphatic carbocycles. The fraction of sp³-hybridized carbons (Fsp3) is 0.636. The van der Waals surface area contributed by atoms with Crippen molar-refractivity contribution in [3.63, 3.8) is 0 Å². The summed E-state index contributed by atoms with van der Waals surface area (Å²) < 4.78 is 0. The molecule has 0 bridgehead atoms. The molecular formula is C11H17NO4. The number of hydrogen-bond acceptors (Lipinski definition) is 3. The summed E-state index contributed by atoms with van der Waals surface area (Å²) in [6, 6.07) is -1.20. The molecule has 0 fully saturated rings. The van der Waals surface area contributed by atoms with E-state index in [9.17, 15) is 9.59 Å². The molecule has 0 heterocycles. The average Bonchev–Trinajstić information content (AvgIpc) is 2.27. The minimum Gasteiger partial charge on any atom is -0.480 e. The highest BCUT2D eigenvalue weighted by molar-refractivity contribution is 5.84. The summed E-state index contributed by atoms with van der Waals surface area (Å²) >= 11 is 0. The number of aliphatic hydroxyl groups excluding tert-OH is 1. The van der Waals surface area contributed by atoms with Crippen molar-refractivity contribution in [1.29, 1.82) is 0 Å². The van der Waals surface area contributed by atoms with Crippen molar-refractivity contribution in [2.24, 2.45) is 0 Å². The topological polar surface area (TPSA) is 86.6 Å². The maximum Gasteiger partial charge on any atom is 0.328 e. The van der Waals surface area contributed by atoms with Gasteiger partial charge in [0.15, 0.2) is 0 Å². The van der Waals surface area contributed by atoms with Crippen LogP contribution in [0.5, 0.6) is 0 Å². The third kappa shape index (κ3) is 4.02. The first-order valence-corrected chi connectivity index (χ1v) is 5.44. The third-order valence-electron chi connectivity index (χ3n) is 2.59. The minimum absolute atomic E-state index is 0.240. The normalized spacial score (nSPS) is 17.4. The molecule has 0 aromatic heterocycles. The van der Waals surface area contributed by atoms with Crippen LogP contribution in [0.4, 0.5) is 0 Å². The molecular weight excluding hydrogens is 210 g/mol.